The fraction of sp³-hybridized carbons (Fsp3) is 0.667. The molecule has 88 valence electrons. The van der Waals surface area contributed by atoms with Gasteiger partial charge in [-0.2, -0.15) is 0 Å². The second kappa shape index (κ2) is 5.80. The molecule has 1 aromatic heterocycles. The molecule has 1 aliphatic carbocycles. The van der Waals surface area contributed by atoms with Crippen molar-refractivity contribution in [3.8, 4) is 0 Å². The van der Waals surface area contributed by atoms with Crippen LogP contribution in [-0.2, 0) is 0 Å². The van der Waals surface area contributed by atoms with Gasteiger partial charge in [-0.1, -0.05) is 19.3 Å². The molecule has 2 rings (SSSR count). The summed E-state index contributed by atoms with van der Waals surface area (Å²) in [5, 5.41) is 12.6. The molecular weight excluding hydrogens is 202 g/mol. The lowest BCUT2D eigenvalue weighted by molar-refractivity contribution is 0.209. The fourth-order valence-corrected chi connectivity index (χ4v) is 2.39. The monoisotopic (exact) mass is 221 g/mol. The SMILES string of the molecule is OC[C@@H](Nc1ncccn1)C1CCCCC1. The summed E-state index contributed by atoms with van der Waals surface area (Å²) in [7, 11) is 0. The first-order valence-electron chi connectivity index (χ1n) is 6.04. The summed E-state index contributed by atoms with van der Waals surface area (Å²) < 4.78 is 0. The van der Waals surface area contributed by atoms with Crippen LogP contribution in [0.15, 0.2) is 18.5 Å². The first-order chi connectivity index (χ1) is 7.90. The molecule has 1 aromatic rings. The molecule has 16 heavy (non-hydrogen) atoms. The predicted molar refractivity (Wildman–Crippen MR) is 63.1 cm³/mol. The molecule has 1 atom stereocenters. The highest BCUT2D eigenvalue weighted by atomic mass is 16.3. The molecule has 0 aromatic carbocycles. The number of anilines is 1. The highest BCUT2D eigenvalue weighted by Crippen LogP contribution is 2.27. The van der Waals surface area contributed by atoms with Crippen LogP contribution in [0.1, 0.15) is 32.1 Å². The first kappa shape index (κ1) is 11.3. The normalized spacial score (nSPS) is 19.3. The van der Waals surface area contributed by atoms with Crippen LogP contribution in [-0.4, -0.2) is 27.7 Å². The van der Waals surface area contributed by atoms with Crippen molar-refractivity contribution in [2.75, 3.05) is 11.9 Å². The Hall–Kier alpha value is -1.16. The summed E-state index contributed by atoms with van der Waals surface area (Å²) in [5.41, 5.74) is 0. The van der Waals surface area contributed by atoms with E-state index in [1.165, 1.54) is 32.1 Å². The molecule has 1 saturated carbocycles. The maximum absolute atomic E-state index is 9.42. The van der Waals surface area contributed by atoms with Gasteiger partial charge in [0.25, 0.3) is 0 Å². The average molecular weight is 221 g/mol. The Kier molecular flexibility index (Phi) is 4.10. The standard InChI is InChI=1S/C12H19N3O/c16-9-11(10-5-2-1-3-6-10)15-12-13-7-4-8-14-12/h4,7-8,10-11,16H,1-3,5-6,9H2,(H,13,14,15)/t11-/m1/s1. The molecule has 4 nitrogen and oxygen atoms in total. The number of rotatable bonds is 4. The highest BCUT2D eigenvalue weighted by Gasteiger charge is 2.23. The molecule has 0 radical (unpaired) electrons. The van der Waals surface area contributed by atoms with E-state index in [9.17, 15) is 5.11 Å². The van der Waals surface area contributed by atoms with Crippen LogP contribution in [0.3, 0.4) is 0 Å². The van der Waals surface area contributed by atoms with E-state index in [1.54, 1.807) is 18.5 Å². The van der Waals surface area contributed by atoms with E-state index in [2.05, 4.69) is 15.3 Å². The van der Waals surface area contributed by atoms with E-state index >= 15 is 0 Å². The smallest absolute Gasteiger partial charge is 0.222 e. The Balaban J connectivity index is 1.94. The quantitative estimate of drug-likeness (QED) is 0.814. The van der Waals surface area contributed by atoms with Crippen LogP contribution in [0.5, 0.6) is 0 Å². The summed E-state index contributed by atoms with van der Waals surface area (Å²) in [6.45, 7) is 0.156. The van der Waals surface area contributed by atoms with Gasteiger partial charge in [0.15, 0.2) is 0 Å². The summed E-state index contributed by atoms with van der Waals surface area (Å²) in [6.07, 6.45) is 9.71. The van der Waals surface area contributed by atoms with Crippen molar-refractivity contribution >= 4 is 5.95 Å². The topological polar surface area (TPSA) is 58.0 Å². The number of nitrogens with one attached hydrogen (secondary N) is 1. The van der Waals surface area contributed by atoms with Crippen LogP contribution in [0.2, 0.25) is 0 Å². The Morgan fingerprint density at radius 2 is 1.94 bits per heavy atom. The maximum atomic E-state index is 9.42. The van der Waals surface area contributed by atoms with Gasteiger partial charge in [-0.3, -0.25) is 0 Å². The van der Waals surface area contributed by atoms with Gasteiger partial charge in [0, 0.05) is 12.4 Å². The third kappa shape index (κ3) is 2.92. The van der Waals surface area contributed by atoms with Crippen LogP contribution < -0.4 is 5.32 Å². The van der Waals surface area contributed by atoms with Crippen molar-refractivity contribution in [2.24, 2.45) is 5.92 Å². The molecule has 0 aliphatic heterocycles. The summed E-state index contributed by atoms with van der Waals surface area (Å²) in [5.74, 6) is 1.18. The molecule has 1 fully saturated rings. The highest BCUT2D eigenvalue weighted by molar-refractivity contribution is 5.24. The van der Waals surface area contributed by atoms with Crippen molar-refractivity contribution in [3.63, 3.8) is 0 Å². The van der Waals surface area contributed by atoms with Crippen molar-refractivity contribution in [1.82, 2.24) is 9.97 Å². The summed E-state index contributed by atoms with van der Waals surface area (Å²) in [6, 6.07) is 1.89. The van der Waals surface area contributed by atoms with Crippen LogP contribution in [0.4, 0.5) is 5.95 Å². The Labute approximate surface area is 96.1 Å². The fourth-order valence-electron chi connectivity index (χ4n) is 2.39. The van der Waals surface area contributed by atoms with E-state index < -0.39 is 0 Å². The largest absolute Gasteiger partial charge is 0.394 e. The van der Waals surface area contributed by atoms with Crippen molar-refractivity contribution in [1.29, 1.82) is 0 Å². The predicted octanol–water partition coefficient (Wildman–Crippen LogP) is 1.83. The third-order valence-electron chi connectivity index (χ3n) is 3.30. The number of aliphatic hydroxyl groups is 1. The molecule has 2 N–H and O–H groups in total. The lowest BCUT2D eigenvalue weighted by Gasteiger charge is -2.29. The lowest BCUT2D eigenvalue weighted by Crippen LogP contribution is -2.34. The number of aromatic nitrogens is 2. The van der Waals surface area contributed by atoms with Gasteiger partial charge in [0.1, 0.15) is 0 Å². The first-order valence-corrected chi connectivity index (χ1v) is 6.04. The molecule has 0 unspecified atom stereocenters. The van der Waals surface area contributed by atoms with Gasteiger partial charge >= 0.3 is 0 Å². The molecule has 0 spiro atoms. The minimum atomic E-state index is 0.0997. The second-order valence-corrected chi connectivity index (χ2v) is 4.40. The number of aliphatic hydroxyl groups excluding tert-OH is 1. The van der Waals surface area contributed by atoms with Crippen molar-refractivity contribution < 1.29 is 5.11 Å². The minimum absolute atomic E-state index is 0.0997. The van der Waals surface area contributed by atoms with E-state index in [0.29, 0.717) is 11.9 Å². The summed E-state index contributed by atoms with van der Waals surface area (Å²) in [4.78, 5) is 8.26. The molecule has 0 amide bonds. The zero-order chi connectivity index (χ0) is 11.2. The van der Waals surface area contributed by atoms with Gasteiger partial charge < -0.3 is 10.4 Å². The third-order valence-corrected chi connectivity index (χ3v) is 3.30. The Morgan fingerprint density at radius 1 is 1.25 bits per heavy atom. The van der Waals surface area contributed by atoms with E-state index in [0.717, 1.165) is 0 Å². The van der Waals surface area contributed by atoms with E-state index in [1.807, 2.05) is 0 Å². The molecule has 1 aliphatic rings. The minimum Gasteiger partial charge on any atom is -0.394 e. The lowest BCUT2D eigenvalue weighted by atomic mass is 9.84. The molecule has 4 heteroatoms. The van der Waals surface area contributed by atoms with Gasteiger partial charge in [0.2, 0.25) is 5.95 Å². The number of nitrogens with zero attached hydrogens (tertiary/aromatic N) is 2. The molecule has 0 saturated heterocycles. The van der Waals surface area contributed by atoms with Gasteiger partial charge in [-0.25, -0.2) is 9.97 Å². The Morgan fingerprint density at radius 3 is 2.56 bits per heavy atom. The molecular formula is C12H19N3O. The van der Waals surface area contributed by atoms with Crippen molar-refractivity contribution in [2.45, 2.75) is 38.1 Å². The van der Waals surface area contributed by atoms with Crippen LogP contribution >= 0.6 is 0 Å². The van der Waals surface area contributed by atoms with E-state index in [-0.39, 0.29) is 12.6 Å². The van der Waals surface area contributed by atoms with E-state index in [4.69, 9.17) is 0 Å². The Bertz CT molecular complexity index is 298. The van der Waals surface area contributed by atoms with Crippen LogP contribution in [0, 0.1) is 5.92 Å². The van der Waals surface area contributed by atoms with Gasteiger partial charge in [-0.15, -0.1) is 0 Å². The number of hydrogen-bond acceptors (Lipinski definition) is 4. The van der Waals surface area contributed by atoms with Crippen molar-refractivity contribution in [3.05, 3.63) is 18.5 Å². The summed E-state index contributed by atoms with van der Waals surface area (Å²) >= 11 is 0. The number of hydrogen-bond donors (Lipinski definition) is 2. The zero-order valence-corrected chi connectivity index (χ0v) is 9.47. The molecule has 0 bridgehead atoms. The van der Waals surface area contributed by atoms with Gasteiger partial charge in [-0.05, 0) is 24.8 Å². The van der Waals surface area contributed by atoms with Gasteiger partial charge in [0.05, 0.1) is 12.6 Å². The van der Waals surface area contributed by atoms with Crippen LogP contribution in [0.25, 0.3) is 0 Å². The average Bonchev–Trinajstić information content (AvgIpc) is 2.38. The second-order valence-electron chi connectivity index (χ2n) is 4.40. The molecule has 1 heterocycles. The maximum Gasteiger partial charge on any atom is 0.222 e. The zero-order valence-electron chi connectivity index (χ0n) is 9.47.